The Balaban J connectivity index is 0.000000696. The number of rotatable bonds is 30. The molecule has 0 aromatic heterocycles. The number of hydrogen-bond donors (Lipinski definition) is 34. The molecule has 53 heteroatoms. The van der Waals surface area contributed by atoms with E-state index >= 15 is 0 Å². The van der Waals surface area contributed by atoms with Gasteiger partial charge in [-0.25, -0.2) is 0 Å². The van der Waals surface area contributed by atoms with Gasteiger partial charge in [0, 0.05) is 0 Å². The van der Waals surface area contributed by atoms with Crippen LogP contribution in [0.2, 0.25) is 0 Å². The summed E-state index contributed by atoms with van der Waals surface area (Å²) in [4.78, 5) is 54.7. The molecule has 0 aromatic rings. The third kappa shape index (κ3) is 34.1. The third-order valence-electron chi connectivity index (χ3n) is 17.9. The Kier molecular flexibility index (Phi) is 52.2. The zero-order chi connectivity index (χ0) is 91.8. The van der Waals surface area contributed by atoms with Gasteiger partial charge in [-0.15, -0.1) is 0 Å². The van der Waals surface area contributed by atoms with E-state index in [9.17, 15) is 131 Å². The van der Waals surface area contributed by atoms with Crippen LogP contribution in [-0.2, 0) is 90.3 Å². The van der Waals surface area contributed by atoms with Gasteiger partial charge in [-0.3, -0.25) is 24.0 Å². The van der Waals surface area contributed by atoms with Crippen LogP contribution in [0.15, 0.2) is 0 Å². The molecule has 7 rings (SSSR count). The van der Waals surface area contributed by atoms with Crippen molar-refractivity contribution < 1.29 is 238 Å². The molecule has 0 bridgehead atoms. The first-order valence-corrected chi connectivity index (χ1v) is 37.2. The fourth-order valence-corrected chi connectivity index (χ4v) is 11.0. The number of hydrogen-bond acceptors (Lipinski definition) is 48. The summed E-state index contributed by atoms with van der Waals surface area (Å²) in [6.45, 7) is 9.37. The van der Waals surface area contributed by atoms with Crippen molar-refractivity contribution >= 4 is 29.5 Å². The van der Waals surface area contributed by atoms with E-state index in [1.807, 2.05) is 0 Å². The third-order valence-corrected chi connectivity index (χ3v) is 17.9. The molecule has 7 saturated heterocycles. The Morgan fingerprint density at radius 3 is 0.521 bits per heavy atom. The van der Waals surface area contributed by atoms with Crippen LogP contribution in [0.1, 0.15) is 74.7 Å². The molecule has 0 radical (unpaired) electrons. The van der Waals surface area contributed by atoms with Gasteiger partial charge in [0.25, 0.3) is 0 Å². The van der Waals surface area contributed by atoms with Crippen molar-refractivity contribution in [3.05, 3.63) is 0 Å². The summed E-state index contributed by atoms with van der Waals surface area (Å²) in [5.41, 5.74) is 25.0. The lowest BCUT2D eigenvalue weighted by Gasteiger charge is -2.40. The molecule has 53 nitrogen and oxygen atoms in total. The minimum atomic E-state index is -1.69. The lowest BCUT2D eigenvalue weighted by Crippen LogP contribution is -2.60. The summed E-state index contributed by atoms with van der Waals surface area (Å²) < 4.78 is 71.2. The van der Waals surface area contributed by atoms with Crippen molar-refractivity contribution in [3.8, 4) is 0 Å². The molecule has 0 saturated carbocycles. The van der Waals surface area contributed by atoms with Crippen molar-refractivity contribution in [2.75, 3.05) is 52.9 Å². The molecular weight excluding hydrogens is 1630 g/mol. The van der Waals surface area contributed by atoms with E-state index in [4.69, 9.17) is 136 Å². The van der Waals surface area contributed by atoms with Crippen molar-refractivity contribution in [1.82, 2.24) is 0 Å². The first-order valence-electron chi connectivity index (χ1n) is 37.2. The van der Waals surface area contributed by atoms with Crippen LogP contribution < -0.4 is 28.7 Å². The predicted octanol–water partition coefficient (Wildman–Crippen LogP) is -20.1. The van der Waals surface area contributed by atoms with E-state index in [-0.39, 0.29) is 31.2 Å². The summed E-state index contributed by atoms with van der Waals surface area (Å²) in [5, 5.41) is 271. The lowest BCUT2D eigenvalue weighted by atomic mass is 9.99. The topological polar surface area (TPSA) is 931 Å². The molecule has 0 aromatic carbocycles. The molecule has 704 valence electrons. The molecule has 7 aliphatic rings. The molecule has 7 fully saturated rings. The van der Waals surface area contributed by atoms with Crippen LogP contribution in [-0.4, -0.2) is 488 Å². The second-order valence-electron chi connectivity index (χ2n) is 28.2. The normalized spacial score (nSPS) is 39.3. The maximum absolute atomic E-state index is 11.1. The molecule has 7 aliphatic heterocycles. The van der Waals surface area contributed by atoms with E-state index in [1.54, 1.807) is 55.4 Å². The SMILES string of the molecule is CC(C)O[C@H]1OC(CO)[C@@H](O)C(O)[C@@H]1O.CC(C)O[C@H]1OC(CO)[C@@H](O)C(O)[C@H]1O.CC(C)O[C@H]1OC(CO)[C@H](O)C(O)[C@@H]1O.CCC(O[C@H]1OC(CO)[C@@H](O)C(O)[C@@H]1O)C(N)=O.CCC(O[C@H]1OC(CO)[C@@H](O)C(O)[C@H]1O)C(N)=O.NC(=O)C(CO)O[C@H]1OC(CO)[C@H](O)C(O)[C@@H]1O.NC(=O)CC(O[C@H]1OC(CO)[C@H](O)C(O)[C@@H]1O)C(N)=O. The minimum Gasteiger partial charge on any atom is -0.394 e. The number of ether oxygens (including phenoxy) is 14. The number of carbonyl (C=O) groups excluding carboxylic acids is 5. The number of aliphatic hydroxyl groups is 29. The molecule has 39 atom stereocenters. The minimum absolute atomic E-state index is 0.188. The molecule has 39 N–H and O–H groups in total. The van der Waals surface area contributed by atoms with Crippen LogP contribution in [0.3, 0.4) is 0 Å². The number of primary amides is 5. The maximum atomic E-state index is 11.1. The van der Waals surface area contributed by atoms with Gasteiger partial charge in [0.1, 0.15) is 189 Å². The van der Waals surface area contributed by atoms with E-state index in [0.29, 0.717) is 0 Å². The zero-order valence-electron chi connectivity index (χ0n) is 66.1. The Morgan fingerprint density at radius 2 is 0.395 bits per heavy atom. The van der Waals surface area contributed by atoms with Gasteiger partial charge in [-0.2, -0.15) is 0 Å². The number of amides is 5. The van der Waals surface area contributed by atoms with Gasteiger partial charge in [0.05, 0.1) is 77.6 Å². The van der Waals surface area contributed by atoms with E-state index < -0.39 is 328 Å². The molecule has 0 spiro atoms. The van der Waals surface area contributed by atoms with Crippen molar-refractivity contribution in [2.45, 2.75) is 332 Å². The second-order valence-corrected chi connectivity index (χ2v) is 28.2. The van der Waals surface area contributed by atoms with Crippen molar-refractivity contribution in [1.29, 1.82) is 0 Å². The molecule has 7 heterocycles. The average Bonchev–Trinajstić information content (AvgIpc) is 0.831. The first-order chi connectivity index (χ1) is 55.4. The van der Waals surface area contributed by atoms with Gasteiger partial charge >= 0.3 is 0 Å². The Labute approximate surface area is 680 Å². The molecule has 0 aliphatic carbocycles. The Bertz CT molecular complexity index is 2580. The highest BCUT2D eigenvalue weighted by Crippen LogP contribution is 2.30. The van der Waals surface area contributed by atoms with Gasteiger partial charge < -0.3 is 243 Å². The quantitative estimate of drug-likeness (QED) is 0.0318. The van der Waals surface area contributed by atoms with E-state index in [2.05, 4.69) is 0 Å². The first kappa shape index (κ1) is 113. The Morgan fingerprint density at radius 1 is 0.244 bits per heavy atom. The van der Waals surface area contributed by atoms with E-state index in [1.165, 1.54) is 0 Å². The molecule has 5 amide bonds. The van der Waals surface area contributed by atoms with Crippen LogP contribution >= 0.6 is 0 Å². The summed E-state index contributed by atoms with van der Waals surface area (Å²) in [5.74, 6) is -4.31. The van der Waals surface area contributed by atoms with Gasteiger partial charge in [0.2, 0.25) is 29.5 Å². The summed E-state index contributed by atoms with van der Waals surface area (Å²) >= 11 is 0. The number of nitrogens with two attached hydrogens (primary N) is 5. The fraction of sp³-hybridized carbons (Fsp3) is 0.924. The Hall–Kier alpha value is -4.37. The highest BCUT2D eigenvalue weighted by atomic mass is 16.8. The second kappa shape index (κ2) is 55.2. The average molecular weight is 1760 g/mol. The molecule has 119 heavy (non-hydrogen) atoms. The molecule has 18 unspecified atom stereocenters. The molecular formula is C66H127N5O48. The monoisotopic (exact) mass is 1760 g/mol. The van der Waals surface area contributed by atoms with Crippen molar-refractivity contribution in [2.24, 2.45) is 28.7 Å². The zero-order valence-corrected chi connectivity index (χ0v) is 66.1. The van der Waals surface area contributed by atoms with Crippen molar-refractivity contribution in [3.63, 3.8) is 0 Å². The summed E-state index contributed by atoms with van der Waals surface area (Å²) in [6, 6.07) is 0. The largest absolute Gasteiger partial charge is 0.394 e. The summed E-state index contributed by atoms with van der Waals surface area (Å²) in [6.07, 6.45) is -52.3. The highest BCUT2D eigenvalue weighted by Gasteiger charge is 2.52. The fourth-order valence-electron chi connectivity index (χ4n) is 11.0. The van der Waals surface area contributed by atoms with Crippen LogP contribution in [0.4, 0.5) is 0 Å². The summed E-state index contributed by atoms with van der Waals surface area (Å²) in [7, 11) is 0. The van der Waals surface area contributed by atoms with E-state index in [0.717, 1.165) is 0 Å². The van der Waals surface area contributed by atoms with Gasteiger partial charge in [-0.05, 0) is 54.4 Å². The standard InChI is InChI=1S/C10H18N2O8.2C10H19NO7.C9H17NO8.3C9H18O6/c11-5(14)1-3(9(12)18)19-10-8(17)7(16)6(15)4(2-13)20-10;2*1-2-4(9(11)16)17-10-8(15)7(14)6(13)5(3-12)18-10;10-8(16)4(2-12)18-9-7(15)6(14)5(13)3(1-11)17-9;3*1-4(2)14-9-8(13)7(12)6(11)5(3-10)15-9/h3-4,6-8,10,13,15-17H,1-2H2,(H2,11,14)(H2,12,18);2*4-8,10,12-15H,2-3H2,1H3,(H2,11,16);3-7,9,11-15H,1-2H2,(H2,10,16);3*4-13H,3H2,1-2H3/t3?,4?,6-,7?,8-,10-;4?,5?,6-,7?,8+,10+;4?,5?,6-,7?,8-,10+;3?,4?,5-,6?,7-,9+;5?,6-,7?,8+,9+;5?,6-,7?,8-,9+;5?,6-,7?,8-,9-/m0110110/s1. The number of carbonyl (C=O) groups is 5. The maximum Gasteiger partial charge on any atom is 0.249 e. The predicted molar refractivity (Wildman–Crippen MR) is 383 cm³/mol. The highest BCUT2D eigenvalue weighted by molar-refractivity contribution is 5.85. The lowest BCUT2D eigenvalue weighted by molar-refractivity contribution is -0.310. The van der Waals surface area contributed by atoms with Crippen LogP contribution in [0.25, 0.3) is 0 Å². The number of aliphatic hydroxyl groups excluding tert-OH is 29. The smallest absolute Gasteiger partial charge is 0.249 e. The van der Waals surface area contributed by atoms with Crippen LogP contribution in [0, 0.1) is 0 Å². The van der Waals surface area contributed by atoms with Crippen LogP contribution in [0.5, 0.6) is 0 Å². The van der Waals surface area contributed by atoms with Gasteiger partial charge in [-0.1, -0.05) is 13.8 Å². The van der Waals surface area contributed by atoms with Gasteiger partial charge in [0.15, 0.2) is 50.1 Å².